The molecule has 0 atom stereocenters. The minimum Gasteiger partial charge on any atom is -0.481 e. The Morgan fingerprint density at radius 1 is 1.00 bits per heavy atom. The number of halogens is 3. The van der Waals surface area contributed by atoms with Gasteiger partial charge in [-0.25, -0.2) is 18.2 Å². The Hall–Kier alpha value is -4.99. The number of methoxy groups -OCH3 is 1. The summed E-state index contributed by atoms with van der Waals surface area (Å²) in [7, 11) is 2.98. The van der Waals surface area contributed by atoms with Crippen molar-refractivity contribution in [3.63, 3.8) is 0 Å². The van der Waals surface area contributed by atoms with Crippen LogP contribution in [0, 0.1) is 11.6 Å². The lowest BCUT2D eigenvalue weighted by molar-refractivity contribution is 0.0991. The van der Waals surface area contributed by atoms with Crippen molar-refractivity contribution in [2.24, 2.45) is 7.05 Å². The van der Waals surface area contributed by atoms with Gasteiger partial charge in [0.1, 0.15) is 18.0 Å². The summed E-state index contributed by atoms with van der Waals surface area (Å²) in [5.74, 6) is -1.33. The van der Waals surface area contributed by atoms with Crippen molar-refractivity contribution in [3.05, 3.63) is 112 Å². The van der Waals surface area contributed by atoms with Gasteiger partial charge in [0.2, 0.25) is 11.3 Å². The quantitative estimate of drug-likeness (QED) is 0.224. The van der Waals surface area contributed by atoms with E-state index >= 15 is 4.39 Å². The molecule has 202 valence electrons. The van der Waals surface area contributed by atoms with Crippen molar-refractivity contribution < 1.29 is 27.4 Å². The molecule has 0 radical (unpaired) electrons. The Labute approximate surface area is 226 Å². The first-order valence-electron chi connectivity index (χ1n) is 12.1. The summed E-state index contributed by atoms with van der Waals surface area (Å²) < 4.78 is 54.6. The van der Waals surface area contributed by atoms with Gasteiger partial charge in [0.25, 0.3) is 0 Å². The number of Topliss-reactive ketones (excluding diaryl/α,β-unsaturated/α-hetero) is 1. The summed E-state index contributed by atoms with van der Waals surface area (Å²) in [6, 6.07) is 13.9. The predicted molar refractivity (Wildman–Crippen MR) is 142 cm³/mol. The molecule has 0 saturated heterocycles. The minimum atomic E-state index is -0.964. The van der Waals surface area contributed by atoms with Crippen LogP contribution in [0.3, 0.4) is 0 Å². The van der Waals surface area contributed by atoms with Gasteiger partial charge in [-0.05, 0) is 41.5 Å². The van der Waals surface area contributed by atoms with Crippen LogP contribution in [0.1, 0.15) is 21.6 Å². The van der Waals surface area contributed by atoms with Crippen LogP contribution in [0.2, 0.25) is 0 Å². The number of carbonyl (C=O) groups is 1. The molecule has 3 heterocycles. The SMILES string of the molecule is COc1ccc2nccc(Oc3ccc(CC(=O)c4cn(C)c(CF)c(-c5ccc(F)cc5)c4=O)cc3F)c2n1. The molecule has 0 saturated carbocycles. The van der Waals surface area contributed by atoms with E-state index < -0.39 is 29.5 Å². The number of carbonyl (C=O) groups excluding carboxylic acids is 1. The number of benzene rings is 2. The summed E-state index contributed by atoms with van der Waals surface area (Å²) in [5, 5.41) is 0. The largest absolute Gasteiger partial charge is 0.481 e. The van der Waals surface area contributed by atoms with E-state index in [1.807, 2.05) is 0 Å². The van der Waals surface area contributed by atoms with E-state index in [0.717, 1.165) is 18.2 Å². The first-order chi connectivity index (χ1) is 19.3. The third-order valence-corrected chi connectivity index (χ3v) is 6.38. The van der Waals surface area contributed by atoms with E-state index in [1.54, 1.807) is 18.2 Å². The van der Waals surface area contributed by atoms with Gasteiger partial charge < -0.3 is 14.0 Å². The number of fused-ring (bicyclic) bond motifs is 1. The van der Waals surface area contributed by atoms with Crippen LogP contribution in [0.25, 0.3) is 22.2 Å². The number of ketones is 1. The molecular weight excluding hydrogens is 523 g/mol. The number of ether oxygens (including phenoxy) is 2. The van der Waals surface area contributed by atoms with Crippen LogP contribution in [0.4, 0.5) is 13.2 Å². The first-order valence-corrected chi connectivity index (χ1v) is 12.1. The Kier molecular flexibility index (Phi) is 7.33. The van der Waals surface area contributed by atoms with Gasteiger partial charge in [0.05, 0.1) is 29.4 Å². The average molecular weight is 546 g/mol. The fraction of sp³-hybridized carbons (Fsp3) is 0.133. The van der Waals surface area contributed by atoms with Gasteiger partial charge >= 0.3 is 0 Å². The number of pyridine rings is 3. The van der Waals surface area contributed by atoms with Gasteiger partial charge in [-0.2, -0.15) is 0 Å². The lowest BCUT2D eigenvalue weighted by atomic mass is 9.97. The average Bonchev–Trinajstić information content (AvgIpc) is 2.95. The van der Waals surface area contributed by atoms with Gasteiger partial charge in [0, 0.05) is 38.0 Å². The fourth-order valence-corrected chi connectivity index (χ4v) is 4.36. The Balaban J connectivity index is 1.43. The zero-order valence-electron chi connectivity index (χ0n) is 21.5. The van der Waals surface area contributed by atoms with Crippen LogP contribution >= 0.6 is 0 Å². The molecule has 5 aromatic rings. The molecule has 2 aromatic carbocycles. The molecule has 0 aliphatic heterocycles. The number of nitrogens with zero attached hydrogens (tertiary/aromatic N) is 3. The topological polar surface area (TPSA) is 83.3 Å². The van der Waals surface area contributed by atoms with Crippen molar-refractivity contribution in [2.75, 3.05) is 7.11 Å². The summed E-state index contributed by atoms with van der Waals surface area (Å²) in [4.78, 5) is 35.0. The van der Waals surface area contributed by atoms with E-state index in [2.05, 4.69) is 9.97 Å². The molecule has 0 aliphatic rings. The highest BCUT2D eigenvalue weighted by atomic mass is 19.1. The minimum absolute atomic E-state index is 0.0272. The van der Waals surface area contributed by atoms with E-state index in [4.69, 9.17) is 9.47 Å². The number of aromatic nitrogens is 3. The highest BCUT2D eigenvalue weighted by Gasteiger charge is 2.21. The van der Waals surface area contributed by atoms with Crippen molar-refractivity contribution in [2.45, 2.75) is 13.1 Å². The highest BCUT2D eigenvalue weighted by molar-refractivity contribution is 5.98. The van der Waals surface area contributed by atoms with Gasteiger partial charge in [-0.1, -0.05) is 18.2 Å². The second-order valence-corrected chi connectivity index (χ2v) is 8.94. The number of hydrogen-bond donors (Lipinski definition) is 0. The fourth-order valence-electron chi connectivity index (χ4n) is 4.36. The highest BCUT2D eigenvalue weighted by Crippen LogP contribution is 2.31. The normalized spacial score (nSPS) is 11.0. The van der Waals surface area contributed by atoms with Crippen LogP contribution in [0.15, 0.2) is 77.9 Å². The molecule has 5 rings (SSSR count). The lowest BCUT2D eigenvalue weighted by Crippen LogP contribution is -2.23. The molecule has 0 bridgehead atoms. The zero-order valence-corrected chi connectivity index (χ0v) is 21.5. The molecule has 0 N–H and O–H groups in total. The number of rotatable bonds is 8. The van der Waals surface area contributed by atoms with Gasteiger partial charge in [0.15, 0.2) is 23.1 Å². The smallest absolute Gasteiger partial charge is 0.213 e. The molecule has 0 unspecified atom stereocenters. The maximum absolute atomic E-state index is 15.1. The van der Waals surface area contributed by atoms with Crippen molar-refractivity contribution >= 4 is 16.8 Å². The van der Waals surface area contributed by atoms with Crippen LogP contribution in [-0.2, 0) is 20.1 Å². The Bertz CT molecular complexity index is 1800. The summed E-state index contributed by atoms with van der Waals surface area (Å²) in [5.41, 5.74) is 0.642. The summed E-state index contributed by atoms with van der Waals surface area (Å²) >= 11 is 0. The number of alkyl halides is 1. The third-order valence-electron chi connectivity index (χ3n) is 6.38. The Morgan fingerprint density at radius 2 is 1.77 bits per heavy atom. The molecular formula is C30H22F3N3O4. The van der Waals surface area contributed by atoms with E-state index in [-0.39, 0.29) is 40.3 Å². The van der Waals surface area contributed by atoms with Crippen molar-refractivity contribution in [3.8, 4) is 28.5 Å². The van der Waals surface area contributed by atoms with E-state index in [0.29, 0.717) is 22.5 Å². The molecule has 3 aromatic heterocycles. The molecule has 0 fully saturated rings. The molecule has 0 spiro atoms. The van der Waals surface area contributed by atoms with Gasteiger partial charge in [-0.15, -0.1) is 0 Å². The molecule has 40 heavy (non-hydrogen) atoms. The molecule has 0 aliphatic carbocycles. The third kappa shape index (κ3) is 5.15. The summed E-state index contributed by atoms with van der Waals surface area (Å²) in [6.45, 7) is -0.964. The van der Waals surface area contributed by atoms with Crippen molar-refractivity contribution in [1.29, 1.82) is 0 Å². The molecule has 7 nitrogen and oxygen atoms in total. The second-order valence-electron chi connectivity index (χ2n) is 8.94. The monoisotopic (exact) mass is 545 g/mol. The number of hydrogen-bond acceptors (Lipinski definition) is 6. The maximum Gasteiger partial charge on any atom is 0.213 e. The van der Waals surface area contributed by atoms with Crippen LogP contribution in [0.5, 0.6) is 17.4 Å². The van der Waals surface area contributed by atoms with E-state index in [1.165, 1.54) is 55.4 Å². The first kappa shape index (κ1) is 26.6. The van der Waals surface area contributed by atoms with Crippen molar-refractivity contribution in [1.82, 2.24) is 14.5 Å². The molecule has 0 amide bonds. The van der Waals surface area contributed by atoms with Gasteiger partial charge in [-0.3, -0.25) is 14.6 Å². The standard InChI is InChI=1S/C30H22F3N3O4/c1-36-16-20(30(38)28(23(36)15-31)18-4-6-19(32)7-5-18)24(37)14-17-3-9-25(21(33)13-17)40-26-11-12-34-22-8-10-27(39-2)35-29(22)26/h3-13,16H,14-15H2,1-2H3. The summed E-state index contributed by atoms with van der Waals surface area (Å²) in [6.07, 6.45) is 2.48. The van der Waals surface area contributed by atoms with E-state index in [9.17, 15) is 18.4 Å². The lowest BCUT2D eigenvalue weighted by Gasteiger charge is -2.14. The zero-order chi connectivity index (χ0) is 28.4. The molecule has 10 heteroatoms. The maximum atomic E-state index is 15.1. The number of aryl methyl sites for hydroxylation is 1. The van der Waals surface area contributed by atoms with Crippen LogP contribution < -0.4 is 14.9 Å². The predicted octanol–water partition coefficient (Wildman–Crippen LogP) is 5.97. The second kappa shape index (κ2) is 11.0. The Morgan fingerprint density at radius 3 is 2.48 bits per heavy atom. The van der Waals surface area contributed by atoms with Crippen LogP contribution in [-0.4, -0.2) is 27.4 Å².